The molecule has 0 amide bonds. The van der Waals surface area contributed by atoms with Gasteiger partial charge in [-0.3, -0.25) is 4.90 Å². The second-order valence-corrected chi connectivity index (χ2v) is 6.19. The molecule has 0 radical (unpaired) electrons. The number of rotatable bonds is 4. The second-order valence-electron chi connectivity index (χ2n) is 6.19. The minimum absolute atomic E-state index is 0.745. The Morgan fingerprint density at radius 3 is 2.75 bits per heavy atom. The van der Waals surface area contributed by atoms with E-state index in [4.69, 9.17) is 4.42 Å². The third kappa shape index (κ3) is 3.23. The third-order valence-electron chi connectivity index (χ3n) is 4.57. The molecule has 1 aromatic carbocycles. The summed E-state index contributed by atoms with van der Waals surface area (Å²) in [7, 11) is 0. The zero-order chi connectivity index (χ0) is 16.4. The first kappa shape index (κ1) is 15.1. The van der Waals surface area contributed by atoms with Crippen LogP contribution in [0.1, 0.15) is 11.7 Å². The number of nitrogens with zero attached hydrogens (tertiary/aromatic N) is 5. The van der Waals surface area contributed by atoms with Crippen molar-refractivity contribution < 1.29 is 4.42 Å². The summed E-state index contributed by atoms with van der Waals surface area (Å²) < 4.78 is 5.55. The van der Waals surface area contributed by atoms with Crippen molar-refractivity contribution in [3.63, 3.8) is 0 Å². The van der Waals surface area contributed by atoms with Crippen molar-refractivity contribution in [3.8, 4) is 0 Å². The van der Waals surface area contributed by atoms with E-state index in [1.165, 1.54) is 5.69 Å². The summed E-state index contributed by atoms with van der Waals surface area (Å²) in [5.74, 6) is 1.72. The summed E-state index contributed by atoms with van der Waals surface area (Å²) in [6, 6.07) is 6.41. The fourth-order valence-electron chi connectivity index (χ4n) is 3.19. The van der Waals surface area contributed by atoms with Crippen LogP contribution >= 0.6 is 0 Å². The molecule has 2 aromatic heterocycles. The largest absolute Gasteiger partial charge is 0.446 e. The average molecular weight is 323 g/mol. The number of aromatic nitrogens is 3. The minimum Gasteiger partial charge on any atom is -0.446 e. The molecule has 1 fully saturated rings. The van der Waals surface area contributed by atoms with Crippen LogP contribution in [-0.2, 0) is 6.42 Å². The predicted octanol–water partition coefficient (Wildman–Crippen LogP) is 2.29. The van der Waals surface area contributed by atoms with E-state index in [0.29, 0.717) is 0 Å². The van der Waals surface area contributed by atoms with Crippen molar-refractivity contribution in [1.29, 1.82) is 0 Å². The lowest BCUT2D eigenvalue weighted by atomic mass is 10.2. The van der Waals surface area contributed by atoms with Gasteiger partial charge in [0.25, 0.3) is 0 Å². The Morgan fingerprint density at radius 1 is 1.08 bits per heavy atom. The molecule has 24 heavy (non-hydrogen) atoms. The molecule has 0 N–H and O–H groups in total. The molecule has 0 saturated carbocycles. The molecule has 0 spiro atoms. The molecule has 0 atom stereocenters. The monoisotopic (exact) mass is 323 g/mol. The lowest BCUT2D eigenvalue weighted by molar-refractivity contribution is 0.255. The molecule has 3 aromatic rings. The topological polar surface area (TPSA) is 58.3 Å². The van der Waals surface area contributed by atoms with Gasteiger partial charge in [-0.15, -0.1) is 0 Å². The van der Waals surface area contributed by atoms with Crippen LogP contribution in [-0.4, -0.2) is 52.6 Å². The fraction of sp³-hybridized carbons (Fsp3) is 0.389. The van der Waals surface area contributed by atoms with Gasteiger partial charge >= 0.3 is 0 Å². The van der Waals surface area contributed by atoms with E-state index in [9.17, 15) is 0 Å². The molecule has 124 valence electrons. The number of hydrogen-bond donors (Lipinski definition) is 0. The van der Waals surface area contributed by atoms with Crippen molar-refractivity contribution in [1.82, 2.24) is 19.9 Å². The lowest BCUT2D eigenvalue weighted by Gasteiger charge is -2.36. The highest BCUT2D eigenvalue weighted by atomic mass is 16.3. The first-order valence-corrected chi connectivity index (χ1v) is 8.36. The van der Waals surface area contributed by atoms with Gasteiger partial charge in [-0.25, -0.2) is 15.0 Å². The van der Waals surface area contributed by atoms with Crippen molar-refractivity contribution >= 4 is 16.6 Å². The maximum absolute atomic E-state index is 5.55. The molecule has 0 unspecified atom stereocenters. The van der Waals surface area contributed by atoms with Crippen LogP contribution in [0.5, 0.6) is 0 Å². The summed E-state index contributed by atoms with van der Waals surface area (Å²) in [5.41, 5.74) is 2.25. The fourth-order valence-corrected chi connectivity index (χ4v) is 3.19. The molecule has 1 aliphatic heterocycles. The van der Waals surface area contributed by atoms with Crippen LogP contribution in [0.3, 0.4) is 0 Å². The Morgan fingerprint density at radius 2 is 1.96 bits per heavy atom. The van der Waals surface area contributed by atoms with E-state index >= 15 is 0 Å². The molecule has 4 rings (SSSR count). The Labute approximate surface area is 141 Å². The third-order valence-corrected chi connectivity index (χ3v) is 4.57. The van der Waals surface area contributed by atoms with E-state index in [2.05, 4.69) is 43.0 Å². The molecule has 6 heteroatoms. The van der Waals surface area contributed by atoms with Crippen LogP contribution in [0.4, 0.5) is 5.69 Å². The Balaban J connectivity index is 1.34. The predicted molar refractivity (Wildman–Crippen MR) is 93.1 cm³/mol. The zero-order valence-corrected chi connectivity index (χ0v) is 13.9. The Hall–Kier alpha value is -2.47. The van der Waals surface area contributed by atoms with Gasteiger partial charge in [-0.2, -0.15) is 0 Å². The van der Waals surface area contributed by atoms with Gasteiger partial charge in [0.2, 0.25) is 0 Å². The summed E-state index contributed by atoms with van der Waals surface area (Å²) in [6.07, 6.45) is 6.23. The van der Waals surface area contributed by atoms with Gasteiger partial charge in [0.05, 0.1) is 11.7 Å². The highest BCUT2D eigenvalue weighted by molar-refractivity contribution is 5.81. The van der Waals surface area contributed by atoms with E-state index in [-0.39, 0.29) is 0 Å². The standard InChI is InChI=1S/C18H21N5O/c1-14-20-12-17(24-14)4-5-22-6-8-23(9-7-22)16-2-3-18-15(10-16)11-19-13-21-18/h2-3,10-13H,4-9H2,1H3. The first-order chi connectivity index (χ1) is 11.8. The summed E-state index contributed by atoms with van der Waals surface area (Å²) >= 11 is 0. The van der Waals surface area contributed by atoms with Crippen molar-refractivity contribution in [2.75, 3.05) is 37.6 Å². The van der Waals surface area contributed by atoms with Crippen LogP contribution in [0, 0.1) is 6.92 Å². The number of piperazine rings is 1. The van der Waals surface area contributed by atoms with Gasteiger partial charge in [0, 0.05) is 63.3 Å². The first-order valence-electron chi connectivity index (χ1n) is 8.36. The summed E-state index contributed by atoms with van der Waals surface area (Å²) in [5, 5.41) is 1.10. The SMILES string of the molecule is Cc1ncc(CCN2CCN(c3ccc4ncncc4c3)CC2)o1. The van der Waals surface area contributed by atoms with Crippen molar-refractivity contribution in [2.45, 2.75) is 13.3 Å². The highest BCUT2D eigenvalue weighted by Crippen LogP contribution is 2.21. The van der Waals surface area contributed by atoms with Gasteiger partial charge in [-0.05, 0) is 18.2 Å². The minimum atomic E-state index is 0.745. The molecule has 6 nitrogen and oxygen atoms in total. The van der Waals surface area contributed by atoms with E-state index < -0.39 is 0 Å². The van der Waals surface area contributed by atoms with E-state index in [1.54, 1.807) is 6.33 Å². The van der Waals surface area contributed by atoms with E-state index in [1.807, 2.05) is 19.3 Å². The van der Waals surface area contributed by atoms with Crippen LogP contribution in [0.2, 0.25) is 0 Å². The van der Waals surface area contributed by atoms with Crippen LogP contribution in [0.15, 0.2) is 41.3 Å². The Kier molecular flexibility index (Phi) is 4.13. The molecule has 1 aliphatic rings. The van der Waals surface area contributed by atoms with Gasteiger partial charge < -0.3 is 9.32 Å². The maximum Gasteiger partial charge on any atom is 0.191 e. The lowest BCUT2D eigenvalue weighted by Crippen LogP contribution is -2.46. The van der Waals surface area contributed by atoms with Crippen LogP contribution in [0.25, 0.3) is 10.9 Å². The van der Waals surface area contributed by atoms with Gasteiger partial charge in [-0.1, -0.05) is 0 Å². The molecule has 0 bridgehead atoms. The Bertz CT molecular complexity index is 823. The summed E-state index contributed by atoms with van der Waals surface area (Å²) in [6.45, 7) is 7.11. The van der Waals surface area contributed by atoms with Crippen LogP contribution < -0.4 is 4.90 Å². The zero-order valence-electron chi connectivity index (χ0n) is 13.9. The molecular weight excluding hydrogens is 302 g/mol. The molecular formula is C18H21N5O. The van der Waals surface area contributed by atoms with Gasteiger partial charge in [0.15, 0.2) is 5.89 Å². The number of hydrogen-bond acceptors (Lipinski definition) is 6. The normalized spacial score (nSPS) is 16.0. The van der Waals surface area contributed by atoms with Crippen molar-refractivity contribution in [2.24, 2.45) is 0 Å². The maximum atomic E-state index is 5.55. The molecule has 3 heterocycles. The second kappa shape index (κ2) is 6.57. The number of oxazole rings is 1. The number of fused-ring (bicyclic) bond motifs is 1. The smallest absolute Gasteiger partial charge is 0.191 e. The number of benzene rings is 1. The van der Waals surface area contributed by atoms with Gasteiger partial charge in [0.1, 0.15) is 12.1 Å². The average Bonchev–Trinajstić information content (AvgIpc) is 3.05. The quantitative estimate of drug-likeness (QED) is 0.734. The molecule has 0 aliphatic carbocycles. The molecule has 1 saturated heterocycles. The summed E-state index contributed by atoms with van der Waals surface area (Å²) in [4.78, 5) is 17.5. The number of anilines is 1. The number of aryl methyl sites for hydroxylation is 1. The van der Waals surface area contributed by atoms with E-state index in [0.717, 1.165) is 61.7 Å². The van der Waals surface area contributed by atoms with Crippen molar-refractivity contribution in [3.05, 3.63) is 48.6 Å². The highest BCUT2D eigenvalue weighted by Gasteiger charge is 2.17.